The quantitative estimate of drug-likeness (QED) is 0.510. The van der Waals surface area contributed by atoms with E-state index in [-0.39, 0.29) is 12.2 Å². The van der Waals surface area contributed by atoms with Gasteiger partial charge in [0, 0.05) is 6.54 Å². The summed E-state index contributed by atoms with van der Waals surface area (Å²) in [5.41, 5.74) is 5.64. The number of carbonyl (C=O) groups excluding carboxylic acids is 1. The smallest absolute Gasteiger partial charge is 0.409 e. The Bertz CT molecular complexity index is 246. The van der Waals surface area contributed by atoms with Gasteiger partial charge in [0.25, 0.3) is 0 Å². The van der Waals surface area contributed by atoms with Gasteiger partial charge < -0.3 is 10.5 Å². The molecule has 0 aromatic heterocycles. The molecule has 1 unspecified atom stereocenters. The van der Waals surface area contributed by atoms with Gasteiger partial charge in [0.2, 0.25) is 0 Å². The Balaban J connectivity index is 2.58. The van der Waals surface area contributed by atoms with Gasteiger partial charge in [0.1, 0.15) is 6.54 Å². The van der Waals surface area contributed by atoms with Crippen LogP contribution in [-0.4, -0.2) is 42.9 Å². The molecule has 1 atom stereocenters. The first kappa shape index (κ1) is 15.4. The van der Waals surface area contributed by atoms with Crippen molar-refractivity contribution in [2.75, 3.05) is 26.2 Å². The Morgan fingerprint density at radius 2 is 1.72 bits per heavy atom. The van der Waals surface area contributed by atoms with Crippen molar-refractivity contribution < 1.29 is 14.0 Å². The lowest BCUT2D eigenvalue weighted by molar-refractivity contribution is -0.844. The Morgan fingerprint density at radius 3 is 2.11 bits per heavy atom. The van der Waals surface area contributed by atoms with Crippen molar-refractivity contribution in [3.63, 3.8) is 0 Å². The van der Waals surface area contributed by atoms with E-state index in [4.69, 9.17) is 10.5 Å². The fourth-order valence-corrected chi connectivity index (χ4v) is 2.68. The minimum absolute atomic E-state index is 0.0438. The molecule has 4 nitrogen and oxygen atoms in total. The third-order valence-corrected chi connectivity index (χ3v) is 3.85. The normalized spacial score (nSPS) is 22.2. The lowest BCUT2D eigenvalue weighted by Crippen LogP contribution is -2.51. The fraction of sp³-hybridized carbons (Fsp3) is 0.929. The number of nitrogens with zero attached hydrogens (tertiary/aromatic N) is 1. The molecule has 18 heavy (non-hydrogen) atoms. The third-order valence-electron chi connectivity index (χ3n) is 3.85. The number of carbonyl (C=O) groups is 1. The van der Waals surface area contributed by atoms with Gasteiger partial charge in [0.15, 0.2) is 6.10 Å². The zero-order valence-electron chi connectivity index (χ0n) is 12.0. The number of hydrogen-bond acceptors (Lipinski definition) is 3. The molecule has 1 aliphatic rings. The molecule has 1 heterocycles. The van der Waals surface area contributed by atoms with Crippen LogP contribution in [0.1, 0.15) is 52.4 Å². The highest BCUT2D eigenvalue weighted by Gasteiger charge is 2.47. The number of quaternary nitrogens is 1. The second-order valence-electron chi connectivity index (χ2n) is 5.43. The molecular formula is C14H29N2O2+. The molecule has 0 saturated carbocycles. The van der Waals surface area contributed by atoms with Crippen molar-refractivity contribution in [1.29, 1.82) is 0 Å². The van der Waals surface area contributed by atoms with Crippen molar-refractivity contribution in [2.24, 2.45) is 5.73 Å². The van der Waals surface area contributed by atoms with Crippen LogP contribution in [0.5, 0.6) is 0 Å². The highest BCUT2D eigenvalue weighted by atomic mass is 16.6. The van der Waals surface area contributed by atoms with Gasteiger partial charge in [-0.3, -0.25) is 0 Å². The van der Waals surface area contributed by atoms with Gasteiger partial charge in [-0.25, -0.2) is 4.48 Å². The second-order valence-corrected chi connectivity index (χ2v) is 5.43. The molecule has 0 aromatic carbocycles. The van der Waals surface area contributed by atoms with E-state index in [1.165, 1.54) is 25.7 Å². The van der Waals surface area contributed by atoms with Crippen LogP contribution in [0.25, 0.3) is 0 Å². The van der Waals surface area contributed by atoms with Crippen molar-refractivity contribution in [2.45, 2.75) is 58.5 Å². The van der Waals surface area contributed by atoms with E-state index in [1.54, 1.807) is 0 Å². The topological polar surface area (TPSA) is 52.3 Å². The van der Waals surface area contributed by atoms with E-state index < -0.39 is 0 Å². The van der Waals surface area contributed by atoms with E-state index in [9.17, 15) is 4.79 Å². The summed E-state index contributed by atoms with van der Waals surface area (Å²) >= 11 is 0. The van der Waals surface area contributed by atoms with Crippen molar-refractivity contribution >= 4 is 6.09 Å². The average Bonchev–Trinajstić information content (AvgIpc) is 2.68. The van der Waals surface area contributed by atoms with Crippen LogP contribution in [-0.2, 0) is 4.74 Å². The summed E-state index contributed by atoms with van der Waals surface area (Å²) in [6.45, 7) is 7.45. The largest absolute Gasteiger partial charge is 0.516 e. The van der Waals surface area contributed by atoms with Crippen LogP contribution < -0.4 is 5.73 Å². The highest BCUT2D eigenvalue weighted by Crippen LogP contribution is 2.24. The number of ether oxygens (including phenoxy) is 1. The molecule has 1 amide bonds. The minimum atomic E-state index is -0.0687. The zero-order chi connectivity index (χ0) is 13.4. The Morgan fingerprint density at radius 1 is 1.17 bits per heavy atom. The molecule has 0 aromatic rings. The third kappa shape index (κ3) is 3.95. The second kappa shape index (κ2) is 7.74. The van der Waals surface area contributed by atoms with Gasteiger partial charge in [-0.05, 0) is 25.7 Å². The first-order valence-electron chi connectivity index (χ1n) is 7.46. The molecular weight excluding hydrogens is 228 g/mol. The van der Waals surface area contributed by atoms with Gasteiger partial charge in [0.05, 0.1) is 13.1 Å². The zero-order valence-corrected chi connectivity index (χ0v) is 12.0. The number of cyclic esters (lactones) is 1. The molecule has 106 valence electrons. The van der Waals surface area contributed by atoms with Crippen LogP contribution in [0.15, 0.2) is 0 Å². The molecule has 1 saturated heterocycles. The van der Waals surface area contributed by atoms with Crippen molar-refractivity contribution in [3.05, 3.63) is 0 Å². The number of nitrogens with two attached hydrogens (primary N) is 1. The molecule has 0 radical (unpaired) electrons. The van der Waals surface area contributed by atoms with Crippen LogP contribution in [0.2, 0.25) is 0 Å². The number of rotatable bonds is 9. The number of unbranched alkanes of at least 4 members (excludes halogenated alkanes) is 4. The molecule has 1 aliphatic heterocycles. The maximum Gasteiger partial charge on any atom is 0.516 e. The van der Waals surface area contributed by atoms with Crippen molar-refractivity contribution in [1.82, 2.24) is 0 Å². The number of amides is 1. The monoisotopic (exact) mass is 257 g/mol. The minimum Gasteiger partial charge on any atom is -0.409 e. The Kier molecular flexibility index (Phi) is 6.65. The standard InChI is InChI=1S/C14H29N2O2/c1-3-5-7-9-16(10-8-6-4-2)12-13(11-15)18-14(16)17/h13H,3-12,15H2,1-2H3/q+1. The first-order chi connectivity index (χ1) is 8.68. The lowest BCUT2D eigenvalue weighted by Gasteiger charge is -2.28. The maximum absolute atomic E-state index is 12.1. The van der Waals surface area contributed by atoms with E-state index in [0.717, 1.165) is 32.5 Å². The molecule has 1 rings (SSSR count). The van der Waals surface area contributed by atoms with Crippen LogP contribution >= 0.6 is 0 Å². The van der Waals surface area contributed by atoms with E-state index in [2.05, 4.69) is 13.8 Å². The first-order valence-corrected chi connectivity index (χ1v) is 7.46. The fourth-order valence-electron chi connectivity index (χ4n) is 2.68. The summed E-state index contributed by atoms with van der Waals surface area (Å²) in [5, 5.41) is 0. The summed E-state index contributed by atoms with van der Waals surface area (Å²) in [6.07, 6.45) is 6.85. The Hall–Kier alpha value is -0.610. The predicted molar refractivity (Wildman–Crippen MR) is 73.2 cm³/mol. The Labute approximate surface area is 111 Å². The summed E-state index contributed by atoms with van der Waals surface area (Å²) in [4.78, 5) is 12.1. The summed E-state index contributed by atoms with van der Waals surface area (Å²) < 4.78 is 5.91. The van der Waals surface area contributed by atoms with Crippen molar-refractivity contribution in [3.8, 4) is 0 Å². The summed E-state index contributed by atoms with van der Waals surface area (Å²) in [6, 6.07) is 0. The van der Waals surface area contributed by atoms with Gasteiger partial charge >= 0.3 is 6.09 Å². The summed E-state index contributed by atoms with van der Waals surface area (Å²) in [7, 11) is 0. The molecule has 0 aliphatic carbocycles. The summed E-state index contributed by atoms with van der Waals surface area (Å²) in [5.74, 6) is 0. The molecule has 0 spiro atoms. The molecule has 0 bridgehead atoms. The highest BCUT2D eigenvalue weighted by molar-refractivity contribution is 5.61. The van der Waals surface area contributed by atoms with E-state index in [1.807, 2.05) is 0 Å². The average molecular weight is 257 g/mol. The van der Waals surface area contributed by atoms with Gasteiger partial charge in [-0.1, -0.05) is 26.7 Å². The van der Waals surface area contributed by atoms with E-state index in [0.29, 0.717) is 11.0 Å². The maximum atomic E-state index is 12.1. The SMILES string of the molecule is CCCCC[N+]1(CCCCC)CC(CN)OC1=O. The predicted octanol–water partition coefficient (Wildman–Crippen LogP) is 2.66. The van der Waals surface area contributed by atoms with E-state index >= 15 is 0 Å². The number of hydrogen-bond donors (Lipinski definition) is 1. The molecule has 1 fully saturated rings. The lowest BCUT2D eigenvalue weighted by atomic mass is 10.1. The molecule has 4 heteroatoms. The van der Waals surface area contributed by atoms with Gasteiger partial charge in [-0.15, -0.1) is 0 Å². The van der Waals surface area contributed by atoms with Crippen LogP contribution in [0.3, 0.4) is 0 Å². The van der Waals surface area contributed by atoms with Gasteiger partial charge in [-0.2, -0.15) is 4.79 Å². The van der Waals surface area contributed by atoms with Crippen LogP contribution in [0, 0.1) is 0 Å². The molecule has 2 N–H and O–H groups in total. The van der Waals surface area contributed by atoms with Crippen LogP contribution in [0.4, 0.5) is 4.79 Å².